The number of nitrogens with zero attached hydrogens (tertiary/aromatic N) is 2. The van der Waals surface area contributed by atoms with Gasteiger partial charge in [-0.25, -0.2) is 4.39 Å². The van der Waals surface area contributed by atoms with Gasteiger partial charge in [-0.2, -0.15) is 0 Å². The van der Waals surface area contributed by atoms with Crippen LogP contribution in [0.15, 0.2) is 24.3 Å². The second kappa shape index (κ2) is 5.41. The zero-order valence-electron chi connectivity index (χ0n) is 9.82. The van der Waals surface area contributed by atoms with Crippen LogP contribution in [0.25, 0.3) is 0 Å². The Morgan fingerprint density at radius 1 is 1.06 bits per heavy atom. The molecule has 0 spiro atoms. The molecule has 0 saturated carbocycles. The number of hydrogen-bond donors (Lipinski definition) is 0. The smallest absolute Gasteiger partial charge is 0.115 e. The number of alkyl halides is 1. The number of rotatable bonds is 3. The van der Waals surface area contributed by atoms with Crippen molar-refractivity contribution in [1.29, 1.82) is 0 Å². The summed E-state index contributed by atoms with van der Waals surface area (Å²) in [6.07, 6.45) is 0. The first-order chi connectivity index (χ1) is 7.79. The summed E-state index contributed by atoms with van der Waals surface area (Å²) in [5.41, 5.74) is 1.97. The summed E-state index contributed by atoms with van der Waals surface area (Å²) >= 11 is 0. The molecule has 0 N–H and O–H groups in total. The first-order valence-electron chi connectivity index (χ1n) is 5.83. The molecule has 1 aromatic carbocycles. The van der Waals surface area contributed by atoms with Crippen molar-refractivity contribution in [2.45, 2.75) is 13.2 Å². The number of halogens is 1. The van der Waals surface area contributed by atoms with Crippen LogP contribution in [0.3, 0.4) is 0 Å². The van der Waals surface area contributed by atoms with Crippen LogP contribution in [0.4, 0.5) is 4.39 Å². The summed E-state index contributed by atoms with van der Waals surface area (Å²) in [7, 11) is 2.15. The largest absolute Gasteiger partial charge is 0.304 e. The second-order valence-corrected chi connectivity index (χ2v) is 4.48. The summed E-state index contributed by atoms with van der Waals surface area (Å²) in [4.78, 5) is 4.73. The van der Waals surface area contributed by atoms with Crippen LogP contribution >= 0.6 is 0 Å². The molecule has 0 atom stereocenters. The maximum absolute atomic E-state index is 12.8. The maximum Gasteiger partial charge on any atom is 0.115 e. The molecule has 0 radical (unpaired) electrons. The molecule has 1 heterocycles. The molecular weight excluding hydrogens is 203 g/mol. The molecule has 1 aliphatic rings. The van der Waals surface area contributed by atoms with Crippen molar-refractivity contribution >= 4 is 0 Å². The Morgan fingerprint density at radius 3 is 2.31 bits per heavy atom. The van der Waals surface area contributed by atoms with Crippen molar-refractivity contribution in [2.75, 3.05) is 33.2 Å². The van der Waals surface area contributed by atoms with E-state index in [1.165, 1.54) is 0 Å². The van der Waals surface area contributed by atoms with E-state index in [0.29, 0.717) is 0 Å². The highest BCUT2D eigenvalue weighted by Crippen LogP contribution is 2.14. The monoisotopic (exact) mass is 222 g/mol. The Hall–Kier alpha value is -0.930. The van der Waals surface area contributed by atoms with Gasteiger partial charge in [0.15, 0.2) is 0 Å². The number of benzene rings is 1. The molecule has 16 heavy (non-hydrogen) atoms. The third kappa shape index (κ3) is 2.80. The van der Waals surface area contributed by atoms with Gasteiger partial charge in [-0.15, -0.1) is 0 Å². The molecule has 0 bridgehead atoms. The minimum atomic E-state index is -0.357. The molecule has 2 nitrogen and oxygen atoms in total. The molecule has 1 saturated heterocycles. The highest BCUT2D eigenvalue weighted by atomic mass is 19.1. The van der Waals surface area contributed by atoms with Gasteiger partial charge in [0, 0.05) is 32.7 Å². The van der Waals surface area contributed by atoms with Crippen molar-refractivity contribution in [3.8, 4) is 0 Å². The van der Waals surface area contributed by atoms with Gasteiger partial charge in [-0.3, -0.25) is 4.90 Å². The van der Waals surface area contributed by atoms with E-state index >= 15 is 0 Å². The Kier molecular flexibility index (Phi) is 3.91. The Bertz CT molecular complexity index is 332. The molecule has 0 unspecified atom stereocenters. The molecule has 0 amide bonds. The van der Waals surface area contributed by atoms with Crippen molar-refractivity contribution in [3.05, 3.63) is 35.4 Å². The average molecular weight is 222 g/mol. The normalized spacial score (nSPS) is 18.9. The molecule has 0 aromatic heterocycles. The fraction of sp³-hybridized carbons (Fsp3) is 0.538. The third-order valence-electron chi connectivity index (χ3n) is 3.25. The highest BCUT2D eigenvalue weighted by molar-refractivity contribution is 5.26. The lowest BCUT2D eigenvalue weighted by molar-refractivity contribution is 0.147. The van der Waals surface area contributed by atoms with E-state index < -0.39 is 0 Å². The minimum Gasteiger partial charge on any atom is -0.304 e. The topological polar surface area (TPSA) is 6.48 Å². The third-order valence-corrected chi connectivity index (χ3v) is 3.25. The van der Waals surface area contributed by atoms with E-state index in [0.717, 1.165) is 43.9 Å². The second-order valence-electron chi connectivity index (χ2n) is 4.48. The van der Waals surface area contributed by atoms with Crippen LogP contribution in [0, 0.1) is 0 Å². The highest BCUT2D eigenvalue weighted by Gasteiger charge is 2.14. The molecular formula is C13H19FN2. The molecule has 0 aliphatic carbocycles. The first-order valence-corrected chi connectivity index (χ1v) is 5.83. The van der Waals surface area contributed by atoms with Gasteiger partial charge < -0.3 is 4.90 Å². The van der Waals surface area contributed by atoms with Gasteiger partial charge in [0.2, 0.25) is 0 Å². The van der Waals surface area contributed by atoms with E-state index in [2.05, 4.69) is 16.8 Å². The van der Waals surface area contributed by atoms with Crippen LogP contribution in [0.5, 0.6) is 0 Å². The lowest BCUT2D eigenvalue weighted by Gasteiger charge is -2.32. The molecule has 2 rings (SSSR count). The number of likely N-dealkylation sites (N-methyl/N-ethyl adjacent to an activating group) is 1. The lowest BCUT2D eigenvalue weighted by atomic mass is 10.1. The van der Waals surface area contributed by atoms with Gasteiger partial charge in [-0.1, -0.05) is 24.3 Å². The summed E-state index contributed by atoms with van der Waals surface area (Å²) < 4.78 is 12.8. The molecule has 1 aromatic rings. The van der Waals surface area contributed by atoms with Crippen LogP contribution in [0.2, 0.25) is 0 Å². The zero-order valence-corrected chi connectivity index (χ0v) is 9.82. The standard InChI is InChI=1S/C13H19FN2/c1-15-6-8-16(9-7-15)11-13-5-3-2-4-12(13)10-14/h2-5H,6-11H2,1H3. The summed E-state index contributed by atoms with van der Waals surface area (Å²) in [6.45, 7) is 4.90. The Balaban J connectivity index is 1.98. The van der Waals surface area contributed by atoms with Crippen LogP contribution in [0.1, 0.15) is 11.1 Å². The molecule has 1 aliphatic heterocycles. The van der Waals surface area contributed by atoms with E-state index in [9.17, 15) is 4.39 Å². The fourth-order valence-corrected chi connectivity index (χ4v) is 2.09. The van der Waals surface area contributed by atoms with Gasteiger partial charge >= 0.3 is 0 Å². The van der Waals surface area contributed by atoms with Crippen molar-refractivity contribution in [2.24, 2.45) is 0 Å². The summed E-state index contributed by atoms with van der Waals surface area (Å²) in [6, 6.07) is 7.81. The average Bonchev–Trinajstić information content (AvgIpc) is 2.33. The van der Waals surface area contributed by atoms with Gasteiger partial charge in [0.1, 0.15) is 6.67 Å². The summed E-state index contributed by atoms with van der Waals surface area (Å²) in [5, 5.41) is 0. The van der Waals surface area contributed by atoms with Crippen LogP contribution in [-0.2, 0) is 13.2 Å². The minimum absolute atomic E-state index is 0.357. The van der Waals surface area contributed by atoms with E-state index in [-0.39, 0.29) is 6.67 Å². The molecule has 3 heteroatoms. The molecule has 1 fully saturated rings. The van der Waals surface area contributed by atoms with E-state index in [4.69, 9.17) is 0 Å². The van der Waals surface area contributed by atoms with Gasteiger partial charge in [0.05, 0.1) is 0 Å². The van der Waals surface area contributed by atoms with Crippen LogP contribution in [-0.4, -0.2) is 43.0 Å². The zero-order chi connectivity index (χ0) is 11.4. The first kappa shape index (κ1) is 11.6. The van der Waals surface area contributed by atoms with Crippen molar-refractivity contribution < 1.29 is 4.39 Å². The number of piperazine rings is 1. The van der Waals surface area contributed by atoms with Crippen LogP contribution < -0.4 is 0 Å². The summed E-state index contributed by atoms with van der Waals surface area (Å²) in [5.74, 6) is 0. The van der Waals surface area contributed by atoms with Gasteiger partial charge in [-0.05, 0) is 18.2 Å². The maximum atomic E-state index is 12.8. The predicted octanol–water partition coefficient (Wildman–Crippen LogP) is 1.90. The molecule has 88 valence electrons. The fourth-order valence-electron chi connectivity index (χ4n) is 2.09. The SMILES string of the molecule is CN1CCN(Cc2ccccc2CF)CC1. The number of hydrogen-bond acceptors (Lipinski definition) is 2. The van der Waals surface area contributed by atoms with Gasteiger partial charge in [0.25, 0.3) is 0 Å². The lowest BCUT2D eigenvalue weighted by Crippen LogP contribution is -2.43. The Morgan fingerprint density at radius 2 is 1.69 bits per heavy atom. The Labute approximate surface area is 96.7 Å². The predicted molar refractivity (Wildman–Crippen MR) is 64.0 cm³/mol. The van der Waals surface area contributed by atoms with E-state index in [1.54, 1.807) is 0 Å². The van der Waals surface area contributed by atoms with Crippen molar-refractivity contribution in [3.63, 3.8) is 0 Å². The van der Waals surface area contributed by atoms with Crippen molar-refractivity contribution in [1.82, 2.24) is 9.80 Å². The quantitative estimate of drug-likeness (QED) is 0.770. The van der Waals surface area contributed by atoms with E-state index in [1.807, 2.05) is 24.3 Å².